The summed E-state index contributed by atoms with van der Waals surface area (Å²) in [7, 11) is -2.65. The summed E-state index contributed by atoms with van der Waals surface area (Å²) < 4.78 is 35.1. The lowest BCUT2D eigenvalue weighted by molar-refractivity contribution is 0.483. The Kier molecular flexibility index (Phi) is 5.36. The molecule has 1 aromatic heterocycles. The minimum absolute atomic E-state index is 0.153. The molecule has 27 heavy (non-hydrogen) atoms. The molecule has 0 spiro atoms. The molecule has 1 heterocycles. The van der Waals surface area contributed by atoms with Gasteiger partial charge in [0.05, 0.1) is 11.4 Å². The van der Waals surface area contributed by atoms with E-state index in [0.717, 1.165) is 22.4 Å². The van der Waals surface area contributed by atoms with Gasteiger partial charge in [-0.15, -0.1) is 0 Å². The fourth-order valence-corrected chi connectivity index (χ4v) is 4.31. The van der Waals surface area contributed by atoms with E-state index >= 15 is 0 Å². The molecule has 3 aromatic rings. The Bertz CT molecular complexity index is 1140. The van der Waals surface area contributed by atoms with Gasteiger partial charge in [-0.25, -0.2) is 0 Å². The minimum Gasteiger partial charge on any atom is -0.282 e. The highest BCUT2D eigenvalue weighted by Crippen LogP contribution is 2.34. The zero-order valence-corrected chi connectivity index (χ0v) is 17.3. The number of halogens is 2. The molecule has 5 nitrogen and oxygen atoms in total. The number of hydrogen-bond donors (Lipinski definition) is 1. The van der Waals surface area contributed by atoms with Gasteiger partial charge in [0.2, 0.25) is 0 Å². The van der Waals surface area contributed by atoms with Crippen LogP contribution in [0.4, 0.5) is 0 Å². The topological polar surface area (TPSA) is 72.2 Å². The van der Waals surface area contributed by atoms with Gasteiger partial charge in [-0.05, 0) is 43.7 Å². The molecule has 0 aliphatic carbocycles. The van der Waals surface area contributed by atoms with E-state index in [1.807, 2.05) is 19.9 Å². The molecular weight excluding hydrogens is 407 g/mol. The van der Waals surface area contributed by atoms with Crippen molar-refractivity contribution >= 4 is 33.3 Å². The lowest BCUT2D eigenvalue weighted by Crippen LogP contribution is -2.05. The van der Waals surface area contributed by atoms with Crippen molar-refractivity contribution in [1.29, 1.82) is 0 Å². The van der Waals surface area contributed by atoms with Gasteiger partial charge in [0.25, 0.3) is 10.1 Å². The number of nitrogens with zero attached hydrogens (tertiary/aromatic N) is 2. The summed E-state index contributed by atoms with van der Waals surface area (Å²) in [5.74, 6) is 0. The molecule has 0 saturated carbocycles. The number of aryl methyl sites for hydroxylation is 3. The second-order valence-electron chi connectivity index (χ2n) is 6.42. The first kappa shape index (κ1) is 19.9. The first-order valence-electron chi connectivity index (χ1n) is 8.13. The third kappa shape index (κ3) is 4.04. The number of aromatic nitrogens is 2. The van der Waals surface area contributed by atoms with E-state index in [0.29, 0.717) is 27.7 Å². The van der Waals surface area contributed by atoms with E-state index in [1.54, 1.807) is 36.0 Å². The van der Waals surface area contributed by atoms with Crippen LogP contribution >= 0.6 is 23.2 Å². The third-order valence-electron chi connectivity index (χ3n) is 4.40. The SMILES string of the molecule is Cc1ccc(S(=O)(=O)O)c(-c2c(Cc3ccc(Cl)cc3Cl)c(C)nn2C)c1. The molecule has 2 aromatic carbocycles. The van der Waals surface area contributed by atoms with E-state index in [4.69, 9.17) is 23.2 Å². The van der Waals surface area contributed by atoms with Crippen molar-refractivity contribution in [3.63, 3.8) is 0 Å². The summed E-state index contributed by atoms with van der Waals surface area (Å²) in [6.07, 6.45) is 0.448. The largest absolute Gasteiger partial charge is 0.295 e. The molecule has 0 atom stereocenters. The number of benzene rings is 2. The van der Waals surface area contributed by atoms with E-state index in [2.05, 4.69) is 5.10 Å². The van der Waals surface area contributed by atoms with Crippen LogP contribution in [0.1, 0.15) is 22.4 Å². The highest BCUT2D eigenvalue weighted by Gasteiger charge is 2.23. The van der Waals surface area contributed by atoms with Gasteiger partial charge in [-0.1, -0.05) is 40.9 Å². The Morgan fingerprint density at radius 1 is 1.11 bits per heavy atom. The van der Waals surface area contributed by atoms with Crippen molar-refractivity contribution in [3.05, 3.63) is 68.8 Å². The van der Waals surface area contributed by atoms with Crippen molar-refractivity contribution in [1.82, 2.24) is 9.78 Å². The Balaban J connectivity index is 2.23. The Morgan fingerprint density at radius 2 is 1.81 bits per heavy atom. The quantitative estimate of drug-likeness (QED) is 0.607. The number of rotatable bonds is 4. The molecule has 0 amide bonds. The minimum atomic E-state index is -4.39. The molecule has 0 radical (unpaired) electrons. The molecule has 0 aliphatic rings. The molecule has 142 valence electrons. The van der Waals surface area contributed by atoms with Gasteiger partial charge in [0.1, 0.15) is 4.90 Å². The maximum absolute atomic E-state index is 11.9. The predicted octanol–water partition coefficient (Wildman–Crippen LogP) is 4.85. The van der Waals surface area contributed by atoms with Gasteiger partial charge in [0.15, 0.2) is 0 Å². The highest BCUT2D eigenvalue weighted by molar-refractivity contribution is 7.86. The van der Waals surface area contributed by atoms with E-state index in [1.165, 1.54) is 6.07 Å². The molecule has 0 aliphatic heterocycles. The monoisotopic (exact) mass is 424 g/mol. The van der Waals surface area contributed by atoms with Crippen LogP contribution < -0.4 is 0 Å². The van der Waals surface area contributed by atoms with Crippen LogP contribution in [0.2, 0.25) is 10.0 Å². The van der Waals surface area contributed by atoms with E-state index in [9.17, 15) is 13.0 Å². The Morgan fingerprint density at radius 3 is 2.44 bits per heavy atom. The van der Waals surface area contributed by atoms with Crippen LogP contribution in [0.15, 0.2) is 41.3 Å². The average Bonchev–Trinajstić information content (AvgIpc) is 2.82. The second-order valence-corrected chi connectivity index (χ2v) is 8.66. The van der Waals surface area contributed by atoms with E-state index < -0.39 is 10.1 Å². The molecule has 0 bridgehead atoms. The fraction of sp³-hybridized carbons (Fsp3) is 0.211. The summed E-state index contributed by atoms with van der Waals surface area (Å²) >= 11 is 12.3. The second kappa shape index (κ2) is 7.28. The molecule has 8 heteroatoms. The smallest absolute Gasteiger partial charge is 0.282 e. The van der Waals surface area contributed by atoms with Crippen LogP contribution in [-0.4, -0.2) is 22.8 Å². The summed E-state index contributed by atoms with van der Waals surface area (Å²) in [4.78, 5) is -0.153. The van der Waals surface area contributed by atoms with E-state index in [-0.39, 0.29) is 4.90 Å². The van der Waals surface area contributed by atoms with Crippen molar-refractivity contribution < 1.29 is 13.0 Å². The number of hydrogen-bond acceptors (Lipinski definition) is 3. The summed E-state index contributed by atoms with van der Waals surface area (Å²) in [6.45, 7) is 3.71. The zero-order valence-electron chi connectivity index (χ0n) is 15.0. The van der Waals surface area contributed by atoms with Gasteiger partial charge in [-0.2, -0.15) is 13.5 Å². The van der Waals surface area contributed by atoms with Crippen LogP contribution in [0.25, 0.3) is 11.3 Å². The van der Waals surface area contributed by atoms with Crippen molar-refractivity contribution in [3.8, 4) is 11.3 Å². The van der Waals surface area contributed by atoms with Crippen molar-refractivity contribution in [2.24, 2.45) is 7.05 Å². The lowest BCUT2D eigenvalue weighted by Gasteiger charge is -2.12. The van der Waals surface area contributed by atoms with Gasteiger partial charge in [-0.3, -0.25) is 9.23 Å². The van der Waals surface area contributed by atoms with Crippen LogP contribution in [0.5, 0.6) is 0 Å². The maximum atomic E-state index is 11.9. The predicted molar refractivity (Wildman–Crippen MR) is 107 cm³/mol. The summed E-state index contributed by atoms with van der Waals surface area (Å²) in [5, 5.41) is 5.52. The third-order valence-corrected chi connectivity index (χ3v) is 5.90. The van der Waals surface area contributed by atoms with Crippen molar-refractivity contribution in [2.75, 3.05) is 0 Å². The van der Waals surface area contributed by atoms with Gasteiger partial charge < -0.3 is 0 Å². The van der Waals surface area contributed by atoms with Gasteiger partial charge in [0, 0.05) is 34.6 Å². The molecule has 1 N–H and O–H groups in total. The first-order valence-corrected chi connectivity index (χ1v) is 10.3. The lowest BCUT2D eigenvalue weighted by atomic mass is 9.98. The maximum Gasteiger partial charge on any atom is 0.295 e. The van der Waals surface area contributed by atoms with Crippen LogP contribution in [0.3, 0.4) is 0 Å². The molecule has 0 unspecified atom stereocenters. The Hall–Kier alpha value is -1.86. The summed E-state index contributed by atoms with van der Waals surface area (Å²) in [6, 6.07) is 10.0. The molecule has 0 fully saturated rings. The average molecular weight is 425 g/mol. The normalized spacial score (nSPS) is 11.8. The highest BCUT2D eigenvalue weighted by atomic mass is 35.5. The van der Waals surface area contributed by atoms with Crippen LogP contribution in [-0.2, 0) is 23.6 Å². The molecular formula is C19H18Cl2N2O3S. The summed E-state index contributed by atoms with van der Waals surface area (Å²) in [5.41, 5.74) is 4.32. The first-order chi connectivity index (χ1) is 12.6. The van der Waals surface area contributed by atoms with Crippen LogP contribution in [0, 0.1) is 13.8 Å². The molecule has 3 rings (SSSR count). The van der Waals surface area contributed by atoms with Gasteiger partial charge >= 0.3 is 0 Å². The fourth-order valence-electron chi connectivity index (χ4n) is 3.16. The molecule has 0 saturated heterocycles. The standard InChI is InChI=1S/C19H18Cl2N2O3S/c1-11-4-7-18(27(24,25)26)16(8-11)19-15(12(2)22-23(19)3)9-13-5-6-14(20)10-17(13)21/h4-8,10H,9H2,1-3H3,(H,24,25,26). The van der Waals surface area contributed by atoms with Crippen molar-refractivity contribution in [2.45, 2.75) is 25.2 Å². The Labute approximate surface area is 168 Å². The zero-order chi connectivity index (χ0) is 19.9.